The molecular formula is C11H8ClN3OS. The van der Waals surface area contributed by atoms with Crippen LogP contribution in [0.3, 0.4) is 0 Å². The highest BCUT2D eigenvalue weighted by Crippen LogP contribution is 2.41. The van der Waals surface area contributed by atoms with E-state index >= 15 is 0 Å². The molecule has 1 atom stereocenters. The summed E-state index contributed by atoms with van der Waals surface area (Å²) in [6, 6.07) is 9.07. The van der Waals surface area contributed by atoms with Crippen molar-refractivity contribution in [2.24, 2.45) is 10.9 Å². The van der Waals surface area contributed by atoms with E-state index in [1.54, 1.807) is 24.3 Å². The standard InChI is InChI=1S/C11H8ClN3OS/c12-7-3-1-6(2-4-7)9-8(5-13)10(14)17-11(9)15-16/h1-4,9,16H,14H2/b15-11-. The Morgan fingerprint density at radius 2 is 2.06 bits per heavy atom. The van der Waals surface area contributed by atoms with Crippen molar-refractivity contribution in [2.45, 2.75) is 5.92 Å². The molecule has 0 fully saturated rings. The lowest BCUT2D eigenvalue weighted by Crippen LogP contribution is -2.06. The first kappa shape index (κ1) is 11.8. The largest absolute Gasteiger partial charge is 0.410 e. The number of benzene rings is 1. The van der Waals surface area contributed by atoms with Gasteiger partial charge in [-0.3, -0.25) is 0 Å². The van der Waals surface area contributed by atoms with Crippen molar-refractivity contribution >= 4 is 28.4 Å². The van der Waals surface area contributed by atoms with Gasteiger partial charge >= 0.3 is 0 Å². The lowest BCUT2D eigenvalue weighted by molar-refractivity contribution is 0.319. The van der Waals surface area contributed by atoms with Crippen LogP contribution in [-0.2, 0) is 0 Å². The van der Waals surface area contributed by atoms with E-state index in [0.29, 0.717) is 20.7 Å². The molecule has 0 saturated heterocycles. The van der Waals surface area contributed by atoms with Crippen LogP contribution in [0.2, 0.25) is 5.02 Å². The number of hydrogen-bond donors (Lipinski definition) is 2. The maximum absolute atomic E-state index is 9.07. The number of rotatable bonds is 1. The molecule has 0 bridgehead atoms. The highest BCUT2D eigenvalue weighted by Gasteiger charge is 2.33. The van der Waals surface area contributed by atoms with Crippen molar-refractivity contribution in [1.82, 2.24) is 0 Å². The Balaban J connectivity index is 2.49. The molecule has 1 aromatic carbocycles. The lowest BCUT2D eigenvalue weighted by Gasteiger charge is -2.10. The molecule has 0 amide bonds. The topological polar surface area (TPSA) is 82.4 Å². The van der Waals surface area contributed by atoms with Gasteiger partial charge in [0.25, 0.3) is 0 Å². The quantitative estimate of drug-likeness (QED) is 0.604. The fourth-order valence-corrected chi connectivity index (χ4v) is 2.69. The van der Waals surface area contributed by atoms with Crippen LogP contribution < -0.4 is 5.73 Å². The average molecular weight is 266 g/mol. The summed E-state index contributed by atoms with van der Waals surface area (Å²) in [7, 11) is 0. The molecule has 1 aliphatic heterocycles. The normalized spacial score (nSPS) is 21.9. The Kier molecular flexibility index (Phi) is 3.27. The summed E-state index contributed by atoms with van der Waals surface area (Å²) < 4.78 is 0. The van der Waals surface area contributed by atoms with E-state index in [0.717, 1.165) is 17.3 Å². The molecule has 0 aliphatic carbocycles. The van der Waals surface area contributed by atoms with E-state index in [9.17, 15) is 0 Å². The second-order valence-corrected chi connectivity index (χ2v) is 4.91. The Morgan fingerprint density at radius 3 is 2.59 bits per heavy atom. The molecule has 2 rings (SSSR count). The molecule has 4 nitrogen and oxygen atoms in total. The van der Waals surface area contributed by atoms with Gasteiger partial charge in [-0.1, -0.05) is 40.7 Å². The number of halogens is 1. The molecule has 6 heteroatoms. The number of nitriles is 1. The monoisotopic (exact) mass is 265 g/mol. The van der Waals surface area contributed by atoms with Gasteiger partial charge in [0, 0.05) is 5.02 Å². The van der Waals surface area contributed by atoms with Gasteiger partial charge in [0.15, 0.2) is 0 Å². The molecule has 1 aromatic rings. The first-order valence-electron chi connectivity index (χ1n) is 4.72. The number of oxime groups is 1. The van der Waals surface area contributed by atoms with Crippen LogP contribution in [0.5, 0.6) is 0 Å². The van der Waals surface area contributed by atoms with Crippen LogP contribution in [-0.4, -0.2) is 10.3 Å². The molecule has 86 valence electrons. The highest BCUT2D eigenvalue weighted by atomic mass is 35.5. The van der Waals surface area contributed by atoms with Crippen LogP contribution in [0.15, 0.2) is 40.0 Å². The van der Waals surface area contributed by atoms with E-state index in [4.69, 9.17) is 27.8 Å². The second kappa shape index (κ2) is 4.70. The molecule has 0 radical (unpaired) electrons. The minimum absolute atomic E-state index is 0.375. The number of allylic oxidation sites excluding steroid dienone is 1. The number of thioether (sulfide) groups is 1. The van der Waals surface area contributed by atoms with E-state index in [1.165, 1.54) is 0 Å². The highest BCUT2D eigenvalue weighted by molar-refractivity contribution is 8.17. The molecule has 0 spiro atoms. The molecule has 0 aromatic heterocycles. The third-order valence-corrected chi connectivity index (χ3v) is 3.66. The summed E-state index contributed by atoms with van der Waals surface area (Å²) in [6.45, 7) is 0. The summed E-state index contributed by atoms with van der Waals surface area (Å²) in [5.41, 5.74) is 6.95. The molecule has 17 heavy (non-hydrogen) atoms. The maximum atomic E-state index is 9.07. The van der Waals surface area contributed by atoms with Crippen molar-refractivity contribution < 1.29 is 5.21 Å². The smallest absolute Gasteiger partial charge is 0.131 e. The van der Waals surface area contributed by atoms with Crippen LogP contribution in [0, 0.1) is 11.3 Å². The van der Waals surface area contributed by atoms with Crippen molar-refractivity contribution in [3.05, 3.63) is 45.5 Å². The zero-order valence-corrected chi connectivity index (χ0v) is 10.2. The maximum Gasteiger partial charge on any atom is 0.131 e. The Morgan fingerprint density at radius 1 is 1.41 bits per heavy atom. The van der Waals surface area contributed by atoms with E-state index < -0.39 is 5.92 Å². The fraction of sp³-hybridized carbons (Fsp3) is 0.0909. The van der Waals surface area contributed by atoms with Gasteiger partial charge in [0.05, 0.1) is 22.6 Å². The second-order valence-electron chi connectivity index (χ2n) is 3.41. The minimum atomic E-state index is -0.396. The molecule has 1 heterocycles. The zero-order chi connectivity index (χ0) is 12.4. The van der Waals surface area contributed by atoms with Crippen LogP contribution in [0.25, 0.3) is 0 Å². The first-order valence-corrected chi connectivity index (χ1v) is 5.91. The Bertz CT molecular complexity index is 545. The molecule has 3 N–H and O–H groups in total. The van der Waals surface area contributed by atoms with E-state index in [-0.39, 0.29) is 0 Å². The lowest BCUT2D eigenvalue weighted by atomic mass is 9.93. The number of nitrogens with zero attached hydrogens (tertiary/aromatic N) is 2. The predicted molar refractivity (Wildman–Crippen MR) is 67.8 cm³/mol. The average Bonchev–Trinajstić information content (AvgIpc) is 2.66. The van der Waals surface area contributed by atoms with Crippen LogP contribution in [0.4, 0.5) is 0 Å². The van der Waals surface area contributed by atoms with E-state index in [2.05, 4.69) is 11.2 Å². The third-order valence-electron chi connectivity index (χ3n) is 2.44. The molecule has 1 unspecified atom stereocenters. The first-order chi connectivity index (χ1) is 8.17. The van der Waals surface area contributed by atoms with Crippen molar-refractivity contribution in [1.29, 1.82) is 5.26 Å². The summed E-state index contributed by atoms with van der Waals surface area (Å²) in [6.07, 6.45) is 0. The van der Waals surface area contributed by atoms with Crippen LogP contribution in [0.1, 0.15) is 11.5 Å². The molecule has 0 saturated carbocycles. The summed E-state index contributed by atoms with van der Waals surface area (Å²) in [5, 5.41) is 22.6. The summed E-state index contributed by atoms with van der Waals surface area (Å²) in [4.78, 5) is 0. The minimum Gasteiger partial charge on any atom is -0.410 e. The fourth-order valence-electron chi connectivity index (χ4n) is 1.65. The van der Waals surface area contributed by atoms with Gasteiger partial charge in [-0.05, 0) is 17.7 Å². The molecule has 1 aliphatic rings. The van der Waals surface area contributed by atoms with Crippen molar-refractivity contribution in [2.75, 3.05) is 0 Å². The van der Waals surface area contributed by atoms with Gasteiger partial charge in [0.1, 0.15) is 5.04 Å². The van der Waals surface area contributed by atoms with Crippen LogP contribution >= 0.6 is 23.4 Å². The van der Waals surface area contributed by atoms with Gasteiger partial charge in [-0.15, -0.1) is 0 Å². The zero-order valence-electron chi connectivity index (χ0n) is 8.59. The SMILES string of the molecule is N#CC1=C(N)S/C(=N\O)C1c1ccc(Cl)cc1. The predicted octanol–water partition coefficient (Wildman–Crippen LogP) is 2.65. The van der Waals surface area contributed by atoms with Gasteiger partial charge in [-0.2, -0.15) is 5.26 Å². The van der Waals surface area contributed by atoms with Crippen molar-refractivity contribution in [3.63, 3.8) is 0 Å². The number of nitrogens with two attached hydrogens (primary N) is 1. The van der Waals surface area contributed by atoms with Gasteiger partial charge in [0.2, 0.25) is 0 Å². The summed E-state index contributed by atoms with van der Waals surface area (Å²) >= 11 is 6.91. The number of hydrogen-bond acceptors (Lipinski definition) is 5. The van der Waals surface area contributed by atoms with Crippen molar-refractivity contribution in [3.8, 4) is 6.07 Å². The Labute approximate surface area is 107 Å². The van der Waals surface area contributed by atoms with Gasteiger partial charge in [-0.25, -0.2) is 0 Å². The third kappa shape index (κ3) is 2.09. The Hall–Kier alpha value is -1.64. The summed E-state index contributed by atoms with van der Waals surface area (Å²) in [5.74, 6) is -0.396. The van der Waals surface area contributed by atoms with E-state index in [1.807, 2.05) is 0 Å². The van der Waals surface area contributed by atoms with Gasteiger partial charge < -0.3 is 10.9 Å². The molecular weight excluding hydrogens is 258 g/mol.